The first kappa shape index (κ1) is 20.9. The molecule has 1 aromatic heterocycles. The van der Waals surface area contributed by atoms with Crippen molar-refractivity contribution < 1.29 is 9.53 Å². The summed E-state index contributed by atoms with van der Waals surface area (Å²) in [5.41, 5.74) is 9.30. The van der Waals surface area contributed by atoms with Gasteiger partial charge in [0.15, 0.2) is 0 Å². The summed E-state index contributed by atoms with van der Waals surface area (Å²) in [5, 5.41) is 0. The average Bonchev–Trinajstić information content (AvgIpc) is 3.26. The van der Waals surface area contributed by atoms with Gasteiger partial charge in [0.05, 0.1) is 12.4 Å². The fraction of sp³-hybridized carbons (Fsp3) is 0.231. The predicted molar refractivity (Wildman–Crippen MR) is 131 cm³/mol. The average molecular weight is 442 g/mol. The number of benzene rings is 2. The van der Waals surface area contributed by atoms with E-state index in [1.54, 1.807) is 6.20 Å². The second-order valence-electron chi connectivity index (χ2n) is 8.30. The number of nitrogens with two attached hydrogens (primary N) is 1. The monoisotopic (exact) mass is 441 g/mol. The molecule has 0 saturated carbocycles. The number of piperidine rings is 1. The van der Waals surface area contributed by atoms with Gasteiger partial charge in [0.2, 0.25) is 5.91 Å². The van der Waals surface area contributed by atoms with Crippen LogP contribution in [-0.2, 0) is 4.79 Å². The molecule has 2 aromatic carbocycles. The maximum absolute atomic E-state index is 12.2. The van der Waals surface area contributed by atoms with Crippen molar-refractivity contribution in [3.63, 3.8) is 0 Å². The number of ether oxygens (including phenoxy) is 1. The Balaban J connectivity index is 1.40. The second kappa shape index (κ2) is 8.86. The minimum Gasteiger partial charge on any atom is -0.457 e. The van der Waals surface area contributed by atoms with Crippen LogP contribution >= 0.6 is 0 Å². The van der Waals surface area contributed by atoms with E-state index in [0.717, 1.165) is 47.9 Å². The van der Waals surface area contributed by atoms with Gasteiger partial charge >= 0.3 is 0 Å². The Bertz CT molecular complexity index is 1150. The molecule has 2 N–H and O–H groups in total. The second-order valence-corrected chi connectivity index (χ2v) is 8.30. The van der Waals surface area contributed by atoms with Gasteiger partial charge in [-0.05, 0) is 61.4 Å². The lowest BCUT2D eigenvalue weighted by Crippen LogP contribution is -2.50. The smallest absolute Gasteiger partial charge is 0.246 e. The third kappa shape index (κ3) is 4.09. The summed E-state index contributed by atoms with van der Waals surface area (Å²) in [4.78, 5) is 23.0. The molecule has 0 unspecified atom stereocenters. The van der Waals surface area contributed by atoms with Gasteiger partial charge in [-0.3, -0.25) is 4.79 Å². The Morgan fingerprint density at radius 3 is 2.61 bits per heavy atom. The summed E-state index contributed by atoms with van der Waals surface area (Å²) >= 11 is 0. The number of nitrogens with zero attached hydrogens (tertiary/aromatic N) is 4. The van der Waals surface area contributed by atoms with Gasteiger partial charge in [0, 0.05) is 31.0 Å². The van der Waals surface area contributed by atoms with Crippen molar-refractivity contribution in [3.05, 3.63) is 79.5 Å². The maximum atomic E-state index is 12.2. The van der Waals surface area contributed by atoms with E-state index in [1.807, 2.05) is 65.6 Å². The number of carbonyl (C=O) groups excluding carboxylic acids is 1. The summed E-state index contributed by atoms with van der Waals surface area (Å²) in [7, 11) is 0. The van der Waals surface area contributed by atoms with E-state index in [0.29, 0.717) is 19.0 Å². The summed E-state index contributed by atoms with van der Waals surface area (Å²) in [6.45, 7) is 5.73. The molecule has 1 atom stereocenters. The van der Waals surface area contributed by atoms with Crippen molar-refractivity contribution in [3.8, 4) is 11.5 Å². The van der Waals surface area contributed by atoms with Crippen LogP contribution in [0.15, 0.2) is 79.5 Å². The number of hydrogen-bond acceptors (Lipinski definition) is 6. The number of pyridine rings is 1. The molecule has 0 spiro atoms. The molecule has 1 saturated heterocycles. The Labute approximate surface area is 193 Å². The number of aromatic nitrogens is 1. The van der Waals surface area contributed by atoms with Crippen LogP contribution in [0, 0.1) is 0 Å². The SMILES string of the molecule is C=CC(=O)N1CCC[C@@H](N2CN(c3ccc(Oc4ccccc4)cc3)c3c2ccnc3N)C1. The molecule has 168 valence electrons. The largest absolute Gasteiger partial charge is 0.457 e. The first-order valence-electron chi connectivity index (χ1n) is 11.2. The van der Waals surface area contributed by atoms with Crippen molar-refractivity contribution in [1.29, 1.82) is 0 Å². The molecule has 3 heterocycles. The van der Waals surface area contributed by atoms with Crippen LogP contribution < -0.4 is 20.3 Å². The van der Waals surface area contributed by atoms with Gasteiger partial charge in [0.1, 0.15) is 23.0 Å². The molecular weight excluding hydrogens is 414 g/mol. The molecular formula is C26H27N5O2. The molecule has 2 aliphatic heterocycles. The summed E-state index contributed by atoms with van der Waals surface area (Å²) in [5.74, 6) is 2.05. The van der Waals surface area contributed by atoms with Gasteiger partial charge < -0.3 is 25.2 Å². The van der Waals surface area contributed by atoms with Crippen molar-refractivity contribution in [1.82, 2.24) is 9.88 Å². The highest BCUT2D eigenvalue weighted by Crippen LogP contribution is 2.45. The predicted octanol–water partition coefficient (Wildman–Crippen LogP) is 4.55. The Morgan fingerprint density at radius 2 is 1.85 bits per heavy atom. The highest BCUT2D eigenvalue weighted by Gasteiger charge is 2.36. The highest BCUT2D eigenvalue weighted by molar-refractivity contribution is 5.90. The van der Waals surface area contributed by atoms with E-state index in [2.05, 4.69) is 21.4 Å². The van der Waals surface area contributed by atoms with Crippen molar-refractivity contribution in [2.24, 2.45) is 0 Å². The van der Waals surface area contributed by atoms with E-state index in [9.17, 15) is 4.79 Å². The lowest BCUT2D eigenvalue weighted by Gasteiger charge is -2.38. The van der Waals surface area contributed by atoms with Crippen molar-refractivity contribution in [2.45, 2.75) is 18.9 Å². The van der Waals surface area contributed by atoms with Gasteiger partial charge in [-0.25, -0.2) is 4.98 Å². The molecule has 0 radical (unpaired) electrons. The zero-order chi connectivity index (χ0) is 22.8. The fourth-order valence-electron chi connectivity index (χ4n) is 4.65. The van der Waals surface area contributed by atoms with Gasteiger partial charge in [-0.2, -0.15) is 0 Å². The maximum Gasteiger partial charge on any atom is 0.246 e. The van der Waals surface area contributed by atoms with E-state index in [-0.39, 0.29) is 11.9 Å². The van der Waals surface area contributed by atoms with Crippen LogP contribution in [0.5, 0.6) is 11.5 Å². The fourth-order valence-corrected chi connectivity index (χ4v) is 4.65. The third-order valence-electron chi connectivity index (χ3n) is 6.26. The van der Waals surface area contributed by atoms with Gasteiger partial charge in [-0.15, -0.1) is 0 Å². The normalized spacial score (nSPS) is 17.6. The number of hydrogen-bond donors (Lipinski definition) is 1. The van der Waals surface area contributed by atoms with Gasteiger partial charge in [0.25, 0.3) is 0 Å². The molecule has 3 aromatic rings. The first-order valence-corrected chi connectivity index (χ1v) is 11.2. The molecule has 5 rings (SSSR count). The quantitative estimate of drug-likeness (QED) is 0.586. The first-order chi connectivity index (χ1) is 16.1. The van der Waals surface area contributed by atoms with E-state index in [1.165, 1.54) is 6.08 Å². The van der Waals surface area contributed by atoms with Crippen LogP contribution in [-0.4, -0.2) is 41.6 Å². The van der Waals surface area contributed by atoms with Crippen LogP contribution in [0.3, 0.4) is 0 Å². The lowest BCUT2D eigenvalue weighted by atomic mass is 10.0. The number of nitrogen functional groups attached to an aromatic ring is 1. The molecule has 0 aliphatic carbocycles. The number of amides is 1. The Morgan fingerprint density at radius 1 is 1.09 bits per heavy atom. The van der Waals surface area contributed by atoms with Crippen LogP contribution in [0.2, 0.25) is 0 Å². The van der Waals surface area contributed by atoms with Crippen LogP contribution in [0.25, 0.3) is 0 Å². The minimum absolute atomic E-state index is 0.0146. The van der Waals surface area contributed by atoms with Crippen molar-refractivity contribution >= 4 is 28.8 Å². The molecule has 33 heavy (non-hydrogen) atoms. The summed E-state index contributed by atoms with van der Waals surface area (Å²) in [6.07, 6.45) is 5.12. The molecule has 1 fully saturated rings. The van der Waals surface area contributed by atoms with Crippen molar-refractivity contribution in [2.75, 3.05) is 35.3 Å². The molecule has 1 amide bonds. The Kier molecular flexibility index (Phi) is 5.60. The third-order valence-corrected chi connectivity index (χ3v) is 6.26. The van der Waals surface area contributed by atoms with Crippen LogP contribution in [0.4, 0.5) is 22.9 Å². The van der Waals surface area contributed by atoms with Gasteiger partial charge in [-0.1, -0.05) is 24.8 Å². The zero-order valence-corrected chi connectivity index (χ0v) is 18.4. The summed E-state index contributed by atoms with van der Waals surface area (Å²) < 4.78 is 5.94. The summed E-state index contributed by atoms with van der Waals surface area (Å²) in [6, 6.07) is 19.9. The van der Waals surface area contributed by atoms with E-state index >= 15 is 0 Å². The molecule has 7 heteroatoms. The zero-order valence-electron chi connectivity index (χ0n) is 18.4. The molecule has 2 aliphatic rings. The molecule has 7 nitrogen and oxygen atoms in total. The lowest BCUT2D eigenvalue weighted by molar-refractivity contribution is -0.127. The minimum atomic E-state index is -0.0146. The molecule has 0 bridgehead atoms. The Hall–Kier alpha value is -4.00. The van der Waals surface area contributed by atoms with Crippen LogP contribution in [0.1, 0.15) is 12.8 Å². The highest BCUT2D eigenvalue weighted by atomic mass is 16.5. The number of para-hydroxylation sites is 1. The van der Waals surface area contributed by atoms with E-state index in [4.69, 9.17) is 10.5 Å². The number of rotatable bonds is 5. The number of fused-ring (bicyclic) bond motifs is 1. The topological polar surface area (TPSA) is 74.9 Å². The van der Waals surface area contributed by atoms with E-state index < -0.39 is 0 Å². The number of likely N-dealkylation sites (tertiary alicyclic amines) is 1. The standard InChI is InChI=1S/C26H27N5O2/c1-2-24(32)29-16-6-7-20(17-29)30-18-31(25-23(30)14-15-28-26(25)27)19-10-12-22(13-11-19)33-21-8-4-3-5-9-21/h2-5,8-15,20H,1,6-7,16-18H2,(H2,27,28)/t20-/m1/s1. The number of carbonyl (C=O) groups is 1. The number of anilines is 4.